The Kier molecular flexibility index (Phi) is 4.76. The fourth-order valence-corrected chi connectivity index (χ4v) is 5.86. The van der Waals surface area contributed by atoms with Gasteiger partial charge in [-0.25, -0.2) is 0 Å². The van der Waals surface area contributed by atoms with E-state index in [1.54, 1.807) is 0 Å². The summed E-state index contributed by atoms with van der Waals surface area (Å²) in [7, 11) is -5.02. The molecule has 0 radical (unpaired) electrons. The maximum Gasteiger partial charge on any atom is 0.366 e. The molecule has 0 saturated heterocycles. The molecule has 2 nitrogen and oxygen atoms in total. The summed E-state index contributed by atoms with van der Waals surface area (Å²) < 4.78 is 39.8. The summed E-state index contributed by atoms with van der Waals surface area (Å²) in [4.78, 5) is 0. The summed E-state index contributed by atoms with van der Waals surface area (Å²) in [5.41, 5.74) is 3.87. The normalized spacial score (nSPS) is 32.2. The number of halogens is 2. The van der Waals surface area contributed by atoms with Crippen LogP contribution in [0.4, 0.5) is 7.77 Å². The molecule has 1 aromatic carbocycles. The molecule has 140 valence electrons. The molecule has 0 heterocycles. The smallest absolute Gasteiger partial charge is 0.182 e. The van der Waals surface area contributed by atoms with Crippen molar-refractivity contribution in [2.45, 2.75) is 71.1 Å². The number of fused-ring (bicyclic) bond motifs is 3. The van der Waals surface area contributed by atoms with Crippen LogP contribution >= 0.6 is 0 Å². The molecule has 1 saturated carbocycles. The molecule has 5 heteroatoms. The Balaban J connectivity index is 2.00. The number of hydrogen-bond donors (Lipinski definition) is 0. The van der Waals surface area contributed by atoms with Crippen LogP contribution in [0.1, 0.15) is 76.0 Å². The van der Waals surface area contributed by atoms with Crippen molar-refractivity contribution in [2.75, 3.05) is 6.54 Å². The van der Waals surface area contributed by atoms with E-state index in [4.69, 9.17) is 0 Å². The first-order valence-corrected chi connectivity index (χ1v) is 10.6. The van der Waals surface area contributed by atoms with Crippen molar-refractivity contribution in [1.82, 2.24) is 0 Å². The number of aryl methyl sites for hydroxylation is 1. The molecular weight excluding hydrogens is 340 g/mol. The molecule has 1 fully saturated rings. The maximum absolute atomic E-state index is 12.9. The largest absolute Gasteiger partial charge is 0.366 e. The Bertz CT molecular complexity index is 776. The second kappa shape index (κ2) is 6.33. The van der Waals surface area contributed by atoms with Gasteiger partial charge in [0, 0.05) is 0 Å². The zero-order chi connectivity index (χ0) is 18.5. The van der Waals surface area contributed by atoms with E-state index in [-0.39, 0.29) is 17.4 Å². The first-order valence-electron chi connectivity index (χ1n) is 9.31. The minimum atomic E-state index is -5.02. The highest BCUT2D eigenvalue weighted by Gasteiger charge is 2.51. The molecular formula is C20H29F2NOS. The third kappa shape index (κ3) is 3.49. The number of rotatable bonds is 3. The lowest BCUT2D eigenvalue weighted by molar-refractivity contribution is 0.0332. The van der Waals surface area contributed by atoms with Crippen LogP contribution in [0.25, 0.3) is 0 Å². The summed E-state index contributed by atoms with van der Waals surface area (Å²) in [6.45, 7) is 8.78. The van der Waals surface area contributed by atoms with Crippen molar-refractivity contribution in [3.8, 4) is 0 Å². The molecule has 0 N–H and O–H groups in total. The van der Waals surface area contributed by atoms with Gasteiger partial charge in [0.25, 0.3) is 0 Å². The predicted molar refractivity (Wildman–Crippen MR) is 99.3 cm³/mol. The summed E-state index contributed by atoms with van der Waals surface area (Å²) in [5, 5.41) is 0. The molecule has 0 bridgehead atoms. The third-order valence-corrected chi connectivity index (χ3v) is 7.17. The van der Waals surface area contributed by atoms with Crippen LogP contribution in [0.15, 0.2) is 22.6 Å². The van der Waals surface area contributed by atoms with Crippen LogP contribution in [0.2, 0.25) is 0 Å². The zero-order valence-corrected chi connectivity index (χ0v) is 16.5. The van der Waals surface area contributed by atoms with Gasteiger partial charge in [0.1, 0.15) is 0 Å². The van der Waals surface area contributed by atoms with Crippen LogP contribution in [-0.2, 0) is 22.3 Å². The summed E-state index contributed by atoms with van der Waals surface area (Å²) in [6, 6.07) is 6.84. The molecule has 3 rings (SSSR count). The Morgan fingerprint density at radius 2 is 2.00 bits per heavy atom. The monoisotopic (exact) mass is 369 g/mol. The van der Waals surface area contributed by atoms with Crippen LogP contribution < -0.4 is 0 Å². The van der Waals surface area contributed by atoms with Gasteiger partial charge in [-0.3, -0.25) is 0 Å². The van der Waals surface area contributed by atoms with Crippen LogP contribution in [0.3, 0.4) is 0 Å². The molecule has 0 aromatic heterocycles. The average molecular weight is 370 g/mol. The molecule has 0 unspecified atom stereocenters. The van der Waals surface area contributed by atoms with Gasteiger partial charge in [0.2, 0.25) is 0 Å². The Labute approximate surface area is 151 Å². The number of benzene rings is 1. The van der Waals surface area contributed by atoms with Gasteiger partial charge < -0.3 is 0 Å². The number of nitrogens with zero attached hydrogens (tertiary/aromatic N) is 1. The summed E-state index contributed by atoms with van der Waals surface area (Å²) >= 11 is 0. The van der Waals surface area contributed by atoms with E-state index in [1.165, 1.54) is 16.7 Å². The van der Waals surface area contributed by atoms with Crippen LogP contribution in [-0.4, -0.2) is 10.8 Å². The van der Waals surface area contributed by atoms with Gasteiger partial charge in [-0.2, -0.15) is 8.57 Å². The second-order valence-corrected chi connectivity index (χ2v) is 9.82. The lowest BCUT2D eigenvalue weighted by atomic mass is 9.50. The maximum atomic E-state index is 12.9. The summed E-state index contributed by atoms with van der Waals surface area (Å²) in [6.07, 6.45) is 4.96. The van der Waals surface area contributed by atoms with Crippen molar-refractivity contribution >= 4 is 10.5 Å². The molecule has 2 aliphatic carbocycles. The molecule has 0 aliphatic heterocycles. The molecule has 3 atom stereocenters. The molecule has 0 spiro atoms. The van der Waals surface area contributed by atoms with Crippen LogP contribution in [0.5, 0.6) is 0 Å². The summed E-state index contributed by atoms with van der Waals surface area (Å²) in [5.74, 6) is 0.810. The van der Waals surface area contributed by atoms with Gasteiger partial charge in [0.15, 0.2) is 0 Å². The van der Waals surface area contributed by atoms with E-state index >= 15 is 0 Å². The topological polar surface area (TPSA) is 29.4 Å². The van der Waals surface area contributed by atoms with Crippen LogP contribution in [0, 0.1) is 11.3 Å². The van der Waals surface area contributed by atoms with Crippen molar-refractivity contribution in [2.24, 2.45) is 15.7 Å². The molecule has 1 aromatic rings. The highest BCUT2D eigenvalue weighted by atomic mass is 32.3. The first kappa shape index (κ1) is 18.8. The van der Waals surface area contributed by atoms with E-state index in [9.17, 15) is 12.0 Å². The van der Waals surface area contributed by atoms with E-state index < -0.39 is 10.5 Å². The third-order valence-electron chi connectivity index (χ3n) is 6.74. The molecule has 0 amide bonds. The predicted octanol–water partition coefficient (Wildman–Crippen LogP) is 6.06. The van der Waals surface area contributed by atoms with E-state index in [1.807, 2.05) is 0 Å². The Morgan fingerprint density at radius 1 is 1.28 bits per heavy atom. The fourth-order valence-electron chi connectivity index (χ4n) is 5.41. The zero-order valence-electron chi connectivity index (χ0n) is 15.6. The highest BCUT2D eigenvalue weighted by molar-refractivity contribution is 7.83. The van der Waals surface area contributed by atoms with Crippen molar-refractivity contribution in [1.29, 1.82) is 0 Å². The van der Waals surface area contributed by atoms with Gasteiger partial charge in [-0.05, 0) is 65.0 Å². The van der Waals surface area contributed by atoms with Gasteiger partial charge >= 0.3 is 10.5 Å². The van der Waals surface area contributed by atoms with Gasteiger partial charge in [-0.15, -0.1) is 0 Å². The van der Waals surface area contributed by atoms with Gasteiger partial charge in [-0.1, -0.05) is 60.1 Å². The fraction of sp³-hybridized carbons (Fsp3) is 0.700. The molecule has 2 aliphatic rings. The SMILES string of the molecule is CC(C)c1ccc2c(c1)CC[C@H]1[C@](C)(CN=S(=O)(F)F)CCC[C@]21C. The molecule has 25 heavy (non-hydrogen) atoms. The van der Waals surface area contributed by atoms with Crippen molar-refractivity contribution in [3.63, 3.8) is 0 Å². The quantitative estimate of drug-likeness (QED) is 0.596. The van der Waals surface area contributed by atoms with Crippen molar-refractivity contribution < 1.29 is 12.0 Å². The first-order chi connectivity index (χ1) is 11.6. The number of hydrogen-bond acceptors (Lipinski definition) is 2. The standard InChI is InChI=1S/C20H29F2NOS/c1-14(2)15-6-8-17-16(12-15)7-9-18-19(3,13-23-25(21,22)24)10-5-11-20(17,18)4/h6,8,12,14,18H,5,7,9-11,13H2,1-4H3/t18-,19-,20+/m0/s1. The minimum absolute atomic E-state index is 0.000877. The average Bonchev–Trinajstić information content (AvgIpc) is 2.52. The van der Waals surface area contributed by atoms with E-state index in [0.29, 0.717) is 11.8 Å². The van der Waals surface area contributed by atoms with E-state index in [2.05, 4.69) is 50.3 Å². The Morgan fingerprint density at radius 3 is 2.64 bits per heavy atom. The highest BCUT2D eigenvalue weighted by Crippen LogP contribution is 2.57. The Hall–Kier alpha value is -0.970. The minimum Gasteiger partial charge on any atom is -0.182 e. The lowest BCUT2D eigenvalue weighted by Crippen LogP contribution is -2.50. The lowest BCUT2D eigenvalue weighted by Gasteiger charge is -2.55. The van der Waals surface area contributed by atoms with E-state index in [0.717, 1.165) is 32.1 Å². The second-order valence-electron chi connectivity index (χ2n) is 8.77. The van der Waals surface area contributed by atoms with Gasteiger partial charge in [0.05, 0.1) is 6.54 Å². The van der Waals surface area contributed by atoms with Crippen molar-refractivity contribution in [3.05, 3.63) is 34.9 Å².